The van der Waals surface area contributed by atoms with Crippen molar-refractivity contribution in [3.63, 3.8) is 0 Å². The number of oxazole rings is 1. The molecule has 5 heteroatoms. The van der Waals surface area contributed by atoms with E-state index >= 15 is 0 Å². The first-order valence-corrected chi connectivity index (χ1v) is 8.52. The van der Waals surface area contributed by atoms with Crippen molar-refractivity contribution in [3.8, 4) is 17.0 Å². The van der Waals surface area contributed by atoms with Gasteiger partial charge in [-0.2, -0.15) is 0 Å². The number of benzene rings is 2. The van der Waals surface area contributed by atoms with E-state index in [-0.39, 0.29) is 5.91 Å². The Kier molecular flexibility index (Phi) is 5.37. The number of rotatable bonds is 6. The fourth-order valence-electron chi connectivity index (χ4n) is 2.78. The minimum absolute atomic E-state index is 0.0120. The van der Waals surface area contributed by atoms with Crippen LogP contribution in [0.2, 0.25) is 0 Å². The van der Waals surface area contributed by atoms with E-state index in [0.717, 1.165) is 34.0 Å². The Balaban J connectivity index is 1.56. The second kappa shape index (κ2) is 7.87. The van der Waals surface area contributed by atoms with Gasteiger partial charge in [0.1, 0.15) is 17.2 Å². The zero-order valence-electron chi connectivity index (χ0n) is 15.2. The van der Waals surface area contributed by atoms with Crippen molar-refractivity contribution >= 4 is 11.6 Å². The number of ether oxygens (including phenoxy) is 1. The van der Waals surface area contributed by atoms with Crippen LogP contribution in [-0.2, 0) is 11.2 Å². The van der Waals surface area contributed by atoms with Crippen molar-refractivity contribution < 1.29 is 13.9 Å². The number of hydrogen-bond donors (Lipinski definition) is 1. The molecule has 0 saturated heterocycles. The Labute approximate surface area is 153 Å². The van der Waals surface area contributed by atoms with Crippen LogP contribution in [0.5, 0.6) is 5.75 Å². The predicted octanol–water partition coefficient (Wildman–Crippen LogP) is 4.54. The summed E-state index contributed by atoms with van der Waals surface area (Å²) in [5.41, 5.74) is 3.68. The van der Waals surface area contributed by atoms with E-state index in [1.54, 1.807) is 7.11 Å². The number of anilines is 1. The van der Waals surface area contributed by atoms with Gasteiger partial charge in [-0.25, -0.2) is 4.98 Å². The summed E-state index contributed by atoms with van der Waals surface area (Å²) in [5.74, 6) is 2.24. The molecule has 1 heterocycles. The molecule has 0 saturated carbocycles. The molecule has 3 aromatic rings. The molecule has 1 aromatic heterocycles. The summed E-state index contributed by atoms with van der Waals surface area (Å²) in [4.78, 5) is 16.5. The second-order valence-corrected chi connectivity index (χ2v) is 6.11. The Bertz CT molecular complexity index is 881. The van der Waals surface area contributed by atoms with Crippen LogP contribution in [0.4, 0.5) is 5.69 Å². The number of hydrogen-bond acceptors (Lipinski definition) is 4. The largest absolute Gasteiger partial charge is 0.497 e. The predicted molar refractivity (Wildman–Crippen MR) is 101 cm³/mol. The van der Waals surface area contributed by atoms with Crippen molar-refractivity contribution in [1.29, 1.82) is 0 Å². The van der Waals surface area contributed by atoms with Crippen molar-refractivity contribution in [2.24, 2.45) is 0 Å². The van der Waals surface area contributed by atoms with Gasteiger partial charge in [-0.1, -0.05) is 24.3 Å². The van der Waals surface area contributed by atoms with Crippen molar-refractivity contribution in [2.75, 3.05) is 12.4 Å². The third kappa shape index (κ3) is 4.30. The maximum Gasteiger partial charge on any atom is 0.224 e. The maximum atomic E-state index is 12.2. The number of aryl methyl sites for hydroxylation is 3. The first-order chi connectivity index (χ1) is 12.5. The molecular formula is C21H22N2O3. The molecule has 26 heavy (non-hydrogen) atoms. The van der Waals surface area contributed by atoms with Gasteiger partial charge < -0.3 is 14.5 Å². The SMILES string of the molecule is COc1ccc(CCC(=O)Nc2ccc(-c3nc(C)oc3C)cc2)cc1. The van der Waals surface area contributed by atoms with Gasteiger partial charge in [-0.15, -0.1) is 0 Å². The average Bonchev–Trinajstić information content (AvgIpc) is 2.99. The zero-order valence-corrected chi connectivity index (χ0v) is 15.2. The molecule has 3 rings (SSSR count). The lowest BCUT2D eigenvalue weighted by molar-refractivity contribution is -0.116. The molecular weight excluding hydrogens is 328 g/mol. The molecule has 0 atom stereocenters. The van der Waals surface area contributed by atoms with E-state index in [2.05, 4.69) is 10.3 Å². The van der Waals surface area contributed by atoms with Gasteiger partial charge in [-0.3, -0.25) is 4.79 Å². The summed E-state index contributed by atoms with van der Waals surface area (Å²) >= 11 is 0. The minimum Gasteiger partial charge on any atom is -0.497 e. The Hall–Kier alpha value is -3.08. The molecule has 0 aliphatic heterocycles. The van der Waals surface area contributed by atoms with E-state index in [1.807, 2.05) is 62.4 Å². The van der Waals surface area contributed by atoms with Crippen LogP contribution in [0.15, 0.2) is 52.9 Å². The standard InChI is InChI=1S/C21H22N2O3/c1-14-21(22-15(2)26-14)17-7-9-18(10-8-17)23-20(24)13-6-16-4-11-19(25-3)12-5-16/h4-5,7-12H,6,13H2,1-3H3,(H,23,24). The Morgan fingerprint density at radius 3 is 2.35 bits per heavy atom. The molecule has 5 nitrogen and oxygen atoms in total. The Morgan fingerprint density at radius 2 is 1.77 bits per heavy atom. The molecule has 134 valence electrons. The summed E-state index contributed by atoms with van der Waals surface area (Å²) < 4.78 is 10.6. The maximum absolute atomic E-state index is 12.2. The minimum atomic E-state index is -0.0120. The van der Waals surface area contributed by atoms with Crippen molar-refractivity contribution in [2.45, 2.75) is 26.7 Å². The first-order valence-electron chi connectivity index (χ1n) is 8.52. The number of amides is 1. The molecule has 0 aliphatic carbocycles. The second-order valence-electron chi connectivity index (χ2n) is 6.11. The van der Waals surface area contributed by atoms with Crippen LogP contribution in [-0.4, -0.2) is 18.0 Å². The van der Waals surface area contributed by atoms with Crippen molar-refractivity contribution in [3.05, 3.63) is 65.7 Å². The molecule has 0 spiro atoms. The summed E-state index contributed by atoms with van der Waals surface area (Å²) in [5, 5.41) is 2.93. The first kappa shape index (κ1) is 17.7. The lowest BCUT2D eigenvalue weighted by Gasteiger charge is -2.07. The van der Waals surface area contributed by atoms with Crippen LogP contribution in [0, 0.1) is 13.8 Å². The van der Waals surface area contributed by atoms with Gasteiger partial charge >= 0.3 is 0 Å². The molecule has 0 fully saturated rings. The van der Waals surface area contributed by atoms with Gasteiger partial charge in [0.05, 0.1) is 7.11 Å². The number of nitrogens with one attached hydrogen (secondary N) is 1. The fourth-order valence-corrected chi connectivity index (χ4v) is 2.78. The lowest BCUT2D eigenvalue weighted by atomic mass is 10.1. The summed E-state index contributed by atoms with van der Waals surface area (Å²) in [6.45, 7) is 3.72. The van der Waals surface area contributed by atoms with E-state index in [4.69, 9.17) is 9.15 Å². The van der Waals surface area contributed by atoms with Crippen LogP contribution in [0.25, 0.3) is 11.3 Å². The van der Waals surface area contributed by atoms with Crippen LogP contribution >= 0.6 is 0 Å². The number of nitrogens with zero attached hydrogens (tertiary/aromatic N) is 1. The van der Waals surface area contributed by atoms with E-state index in [0.29, 0.717) is 18.7 Å². The van der Waals surface area contributed by atoms with Gasteiger partial charge in [0, 0.05) is 24.6 Å². The summed E-state index contributed by atoms with van der Waals surface area (Å²) in [6, 6.07) is 15.4. The van der Waals surface area contributed by atoms with Gasteiger partial charge in [-0.05, 0) is 43.2 Å². The molecule has 0 radical (unpaired) electrons. The van der Waals surface area contributed by atoms with Crippen LogP contribution < -0.4 is 10.1 Å². The highest BCUT2D eigenvalue weighted by Gasteiger charge is 2.09. The van der Waals surface area contributed by atoms with Gasteiger partial charge in [0.25, 0.3) is 0 Å². The quantitative estimate of drug-likeness (QED) is 0.709. The molecule has 1 amide bonds. The number of carbonyl (C=O) groups excluding carboxylic acids is 1. The lowest BCUT2D eigenvalue weighted by Crippen LogP contribution is -2.12. The molecule has 0 bridgehead atoms. The number of methoxy groups -OCH3 is 1. The Morgan fingerprint density at radius 1 is 1.08 bits per heavy atom. The summed E-state index contributed by atoms with van der Waals surface area (Å²) in [6.07, 6.45) is 1.11. The van der Waals surface area contributed by atoms with E-state index in [9.17, 15) is 4.79 Å². The fraction of sp³-hybridized carbons (Fsp3) is 0.238. The van der Waals surface area contributed by atoms with Crippen molar-refractivity contribution in [1.82, 2.24) is 4.98 Å². The van der Waals surface area contributed by atoms with Crippen LogP contribution in [0.1, 0.15) is 23.6 Å². The van der Waals surface area contributed by atoms with E-state index in [1.165, 1.54) is 0 Å². The van der Waals surface area contributed by atoms with Gasteiger partial charge in [0.15, 0.2) is 5.89 Å². The highest BCUT2D eigenvalue weighted by Crippen LogP contribution is 2.24. The smallest absolute Gasteiger partial charge is 0.224 e. The van der Waals surface area contributed by atoms with E-state index < -0.39 is 0 Å². The number of carbonyl (C=O) groups is 1. The molecule has 0 aliphatic rings. The highest BCUT2D eigenvalue weighted by atomic mass is 16.5. The highest BCUT2D eigenvalue weighted by molar-refractivity contribution is 5.91. The number of aromatic nitrogens is 1. The molecule has 0 unspecified atom stereocenters. The molecule has 1 N–H and O–H groups in total. The normalized spacial score (nSPS) is 10.6. The van der Waals surface area contributed by atoms with Crippen LogP contribution in [0.3, 0.4) is 0 Å². The summed E-state index contributed by atoms with van der Waals surface area (Å²) in [7, 11) is 1.64. The third-order valence-electron chi connectivity index (χ3n) is 4.15. The topological polar surface area (TPSA) is 64.4 Å². The zero-order chi connectivity index (χ0) is 18.5. The monoisotopic (exact) mass is 350 g/mol. The average molecular weight is 350 g/mol. The molecule has 2 aromatic carbocycles. The third-order valence-corrected chi connectivity index (χ3v) is 4.15. The van der Waals surface area contributed by atoms with Gasteiger partial charge in [0.2, 0.25) is 5.91 Å².